The molecule has 2 fully saturated rings. The molecule has 1 saturated heterocycles. The molecule has 6 nitrogen and oxygen atoms in total. The molecule has 0 radical (unpaired) electrons. The van der Waals surface area contributed by atoms with Gasteiger partial charge in [-0.25, -0.2) is 4.98 Å². The highest BCUT2D eigenvalue weighted by atomic mass is 16.3. The number of hydrogen-bond donors (Lipinski definition) is 2. The Hall–Kier alpha value is -2.83. The lowest BCUT2D eigenvalue weighted by atomic mass is 9.95. The Morgan fingerprint density at radius 1 is 1.11 bits per heavy atom. The van der Waals surface area contributed by atoms with Gasteiger partial charge in [-0.2, -0.15) is 0 Å². The second kappa shape index (κ2) is 6.36. The largest absolute Gasteiger partial charge is 0.396 e. The molecule has 5 rings (SSSR count). The normalized spacial score (nSPS) is 28.8. The van der Waals surface area contributed by atoms with Gasteiger partial charge in [0.25, 0.3) is 5.91 Å². The number of rotatable bonds is 3. The van der Waals surface area contributed by atoms with Gasteiger partial charge in [0.15, 0.2) is 0 Å². The summed E-state index contributed by atoms with van der Waals surface area (Å²) in [6.45, 7) is 0.647. The van der Waals surface area contributed by atoms with Crippen LogP contribution in [0.5, 0.6) is 0 Å². The van der Waals surface area contributed by atoms with Crippen molar-refractivity contribution in [1.29, 1.82) is 0 Å². The number of fused-ring (bicyclic) bond motifs is 1. The van der Waals surface area contributed by atoms with Crippen molar-refractivity contribution in [2.75, 3.05) is 19.7 Å². The zero-order valence-corrected chi connectivity index (χ0v) is 15.3. The van der Waals surface area contributed by atoms with Crippen molar-refractivity contribution < 1.29 is 15.0 Å². The van der Waals surface area contributed by atoms with Crippen LogP contribution in [0.3, 0.4) is 0 Å². The van der Waals surface area contributed by atoms with Crippen LogP contribution in [0.4, 0.5) is 0 Å². The summed E-state index contributed by atoms with van der Waals surface area (Å²) in [4.78, 5) is 23.5. The van der Waals surface area contributed by atoms with Crippen LogP contribution in [0, 0.1) is 11.3 Å². The Bertz CT molecular complexity index is 1040. The fraction of sp³-hybridized carbons (Fsp3) is 0.318. The second-order valence-electron chi connectivity index (χ2n) is 7.74. The van der Waals surface area contributed by atoms with Crippen molar-refractivity contribution in [2.45, 2.75) is 12.0 Å². The van der Waals surface area contributed by atoms with E-state index in [0.29, 0.717) is 12.1 Å². The maximum Gasteiger partial charge on any atom is 0.274 e. The van der Waals surface area contributed by atoms with Gasteiger partial charge in [0.1, 0.15) is 5.69 Å². The van der Waals surface area contributed by atoms with E-state index in [-0.39, 0.29) is 36.6 Å². The highest BCUT2D eigenvalue weighted by Crippen LogP contribution is 2.68. The second-order valence-corrected chi connectivity index (χ2v) is 7.74. The molecule has 0 bridgehead atoms. The van der Waals surface area contributed by atoms with E-state index in [1.807, 2.05) is 54.6 Å². The molecule has 1 spiro atoms. The molecule has 2 heterocycles. The molecule has 6 heteroatoms. The lowest BCUT2D eigenvalue weighted by Crippen LogP contribution is -2.30. The number of likely N-dealkylation sites (tertiary alicyclic amines) is 1. The van der Waals surface area contributed by atoms with E-state index >= 15 is 0 Å². The number of carbonyl (C=O) groups excluding carboxylic acids is 1. The van der Waals surface area contributed by atoms with E-state index in [1.165, 1.54) is 6.20 Å². The number of benzene rings is 2. The van der Waals surface area contributed by atoms with Crippen molar-refractivity contribution in [2.24, 2.45) is 11.3 Å². The van der Waals surface area contributed by atoms with Crippen LogP contribution in [-0.4, -0.2) is 56.8 Å². The molecule has 3 aromatic rings. The minimum Gasteiger partial charge on any atom is -0.396 e. The number of amides is 1. The molecule has 28 heavy (non-hydrogen) atoms. The first-order valence-electron chi connectivity index (χ1n) is 9.50. The first-order valence-corrected chi connectivity index (χ1v) is 9.50. The molecule has 2 aromatic carbocycles. The average Bonchev–Trinajstić information content (AvgIpc) is 3.28. The number of carbonyl (C=O) groups is 1. The van der Waals surface area contributed by atoms with Gasteiger partial charge in [0.05, 0.1) is 23.3 Å². The van der Waals surface area contributed by atoms with Crippen LogP contribution >= 0.6 is 0 Å². The molecule has 1 aliphatic carbocycles. The van der Waals surface area contributed by atoms with Gasteiger partial charge in [-0.3, -0.25) is 9.78 Å². The zero-order chi connectivity index (χ0) is 19.3. The van der Waals surface area contributed by atoms with E-state index in [2.05, 4.69) is 9.97 Å². The molecule has 1 aliphatic heterocycles. The molecule has 142 valence electrons. The van der Waals surface area contributed by atoms with Gasteiger partial charge >= 0.3 is 0 Å². The van der Waals surface area contributed by atoms with Crippen molar-refractivity contribution in [3.63, 3.8) is 0 Å². The minimum atomic E-state index is -0.674. The zero-order valence-electron chi connectivity index (χ0n) is 15.3. The van der Waals surface area contributed by atoms with Crippen molar-refractivity contribution >= 4 is 16.9 Å². The molecule has 1 saturated carbocycles. The fourth-order valence-corrected chi connectivity index (χ4v) is 4.95. The first kappa shape index (κ1) is 17.3. The monoisotopic (exact) mass is 375 g/mol. The summed E-state index contributed by atoms with van der Waals surface area (Å²) in [7, 11) is 0. The summed E-state index contributed by atoms with van der Waals surface area (Å²) in [5.41, 5.74) is 2.30. The first-order chi connectivity index (χ1) is 13.6. The molecule has 1 aromatic heterocycles. The third kappa shape index (κ3) is 2.45. The lowest BCUT2D eigenvalue weighted by Gasteiger charge is -2.16. The SMILES string of the molecule is O=C(c1cnc2ccccc2n1)N1C[C@H](O)[C@@]2(C1)[C@H](CO)[C@H]2c1ccccc1. The molecule has 4 atom stereocenters. The fourth-order valence-electron chi connectivity index (χ4n) is 4.95. The van der Waals surface area contributed by atoms with E-state index in [9.17, 15) is 15.0 Å². The molecule has 2 aliphatic rings. The number of aromatic nitrogens is 2. The Morgan fingerprint density at radius 3 is 2.57 bits per heavy atom. The van der Waals surface area contributed by atoms with Gasteiger partial charge in [0.2, 0.25) is 0 Å². The Balaban J connectivity index is 1.43. The third-order valence-corrected chi connectivity index (χ3v) is 6.35. The molecule has 1 amide bonds. The summed E-state index contributed by atoms with van der Waals surface area (Å²) in [6, 6.07) is 17.3. The summed E-state index contributed by atoms with van der Waals surface area (Å²) >= 11 is 0. The van der Waals surface area contributed by atoms with Gasteiger partial charge in [-0.05, 0) is 29.5 Å². The van der Waals surface area contributed by atoms with Gasteiger partial charge in [-0.15, -0.1) is 0 Å². The van der Waals surface area contributed by atoms with Crippen LogP contribution in [-0.2, 0) is 0 Å². The number of nitrogens with zero attached hydrogens (tertiary/aromatic N) is 3. The standard InChI is InChI=1S/C22H21N3O3/c26-12-15-20(14-6-2-1-3-7-14)22(15)13-25(11-19(22)27)21(28)18-10-23-16-8-4-5-9-17(16)24-18/h1-10,15,19-20,26-27H,11-13H2/t15-,19+,20-,22-/m1/s1. The van der Waals surface area contributed by atoms with Crippen LogP contribution in [0.2, 0.25) is 0 Å². The van der Waals surface area contributed by atoms with Crippen molar-refractivity contribution in [3.8, 4) is 0 Å². The lowest BCUT2D eigenvalue weighted by molar-refractivity contribution is 0.0758. The van der Waals surface area contributed by atoms with Crippen LogP contribution in [0.15, 0.2) is 60.8 Å². The topological polar surface area (TPSA) is 86.6 Å². The van der Waals surface area contributed by atoms with Crippen molar-refractivity contribution in [1.82, 2.24) is 14.9 Å². The summed E-state index contributed by atoms with van der Waals surface area (Å²) in [5, 5.41) is 20.8. The van der Waals surface area contributed by atoms with E-state index in [0.717, 1.165) is 11.1 Å². The van der Waals surface area contributed by atoms with Gasteiger partial charge in [-0.1, -0.05) is 42.5 Å². The smallest absolute Gasteiger partial charge is 0.274 e. The quantitative estimate of drug-likeness (QED) is 0.730. The van der Waals surface area contributed by atoms with E-state index in [4.69, 9.17) is 0 Å². The summed E-state index contributed by atoms with van der Waals surface area (Å²) in [6.07, 6.45) is 0.819. The maximum absolute atomic E-state index is 13.0. The number of para-hydroxylation sites is 2. The van der Waals surface area contributed by atoms with Gasteiger partial charge < -0.3 is 15.1 Å². The predicted octanol–water partition coefficient (Wildman–Crippen LogP) is 1.84. The minimum absolute atomic E-state index is 0.00552. The Kier molecular flexibility index (Phi) is 3.92. The highest BCUT2D eigenvalue weighted by molar-refractivity contribution is 5.94. The van der Waals surface area contributed by atoms with Crippen LogP contribution < -0.4 is 0 Å². The highest BCUT2D eigenvalue weighted by Gasteiger charge is 2.71. The van der Waals surface area contributed by atoms with E-state index in [1.54, 1.807) is 4.90 Å². The Labute approximate surface area is 162 Å². The number of aliphatic hydroxyl groups is 2. The number of hydrogen-bond acceptors (Lipinski definition) is 5. The third-order valence-electron chi connectivity index (χ3n) is 6.35. The summed E-state index contributed by atoms with van der Waals surface area (Å²) < 4.78 is 0. The molecular weight excluding hydrogens is 354 g/mol. The molecule has 2 N–H and O–H groups in total. The maximum atomic E-state index is 13.0. The van der Waals surface area contributed by atoms with Crippen LogP contribution in [0.1, 0.15) is 22.0 Å². The number of β-amino-alcohol motifs (C(OH)–C–C–N with tert-alkyl or cyclic N) is 1. The predicted molar refractivity (Wildman–Crippen MR) is 104 cm³/mol. The molecule has 0 unspecified atom stereocenters. The average molecular weight is 375 g/mol. The Morgan fingerprint density at radius 2 is 1.82 bits per heavy atom. The molecular formula is C22H21N3O3. The van der Waals surface area contributed by atoms with Crippen LogP contribution in [0.25, 0.3) is 11.0 Å². The summed E-state index contributed by atoms with van der Waals surface area (Å²) in [5.74, 6) is -0.232. The van der Waals surface area contributed by atoms with E-state index < -0.39 is 11.5 Å². The van der Waals surface area contributed by atoms with Crippen molar-refractivity contribution in [3.05, 3.63) is 72.1 Å². The number of aliphatic hydroxyl groups excluding tert-OH is 2. The van der Waals surface area contributed by atoms with Gasteiger partial charge in [0, 0.05) is 25.1 Å².